The van der Waals surface area contributed by atoms with Crippen LogP contribution in [0.2, 0.25) is 0 Å². The van der Waals surface area contributed by atoms with E-state index in [2.05, 4.69) is 5.32 Å². The largest absolute Gasteiger partial charge is 0.399 e. The molecule has 2 rings (SSSR count). The molecule has 0 bridgehead atoms. The number of benzene rings is 1. The zero-order valence-corrected chi connectivity index (χ0v) is 10.9. The Morgan fingerprint density at radius 3 is 2.56 bits per heavy atom. The van der Waals surface area contributed by atoms with E-state index in [0.717, 1.165) is 24.2 Å². The van der Waals surface area contributed by atoms with Crippen LogP contribution in [0.25, 0.3) is 0 Å². The van der Waals surface area contributed by atoms with Gasteiger partial charge in [0.15, 0.2) is 0 Å². The van der Waals surface area contributed by atoms with Gasteiger partial charge in [0.05, 0.1) is 6.54 Å². The van der Waals surface area contributed by atoms with Crippen molar-refractivity contribution in [3.63, 3.8) is 0 Å². The summed E-state index contributed by atoms with van der Waals surface area (Å²) in [6.07, 6.45) is 4.71. The number of nitrogens with zero attached hydrogens (tertiary/aromatic N) is 1. The van der Waals surface area contributed by atoms with E-state index < -0.39 is 0 Å². The summed E-state index contributed by atoms with van der Waals surface area (Å²) in [4.78, 5) is 13.8. The summed E-state index contributed by atoms with van der Waals surface area (Å²) in [5, 5.41) is 3.09. The topological polar surface area (TPSA) is 58.4 Å². The molecule has 18 heavy (non-hydrogen) atoms. The van der Waals surface area contributed by atoms with Crippen LogP contribution in [0, 0.1) is 0 Å². The summed E-state index contributed by atoms with van der Waals surface area (Å²) in [6, 6.07) is 7.94. The zero-order valence-electron chi connectivity index (χ0n) is 10.9. The lowest BCUT2D eigenvalue weighted by molar-refractivity contribution is -0.120. The van der Waals surface area contributed by atoms with Crippen LogP contribution in [0.4, 0.5) is 11.4 Å². The van der Waals surface area contributed by atoms with Gasteiger partial charge in [-0.3, -0.25) is 4.79 Å². The van der Waals surface area contributed by atoms with E-state index >= 15 is 0 Å². The Kier molecular flexibility index (Phi) is 4.07. The average Bonchev–Trinajstić information content (AvgIpc) is 2.82. The van der Waals surface area contributed by atoms with Gasteiger partial charge < -0.3 is 16.0 Å². The Hall–Kier alpha value is -1.71. The number of anilines is 2. The number of likely N-dealkylation sites (N-methyl/N-ethyl adjacent to an activating group) is 1. The van der Waals surface area contributed by atoms with E-state index in [1.54, 1.807) is 0 Å². The van der Waals surface area contributed by atoms with Crippen molar-refractivity contribution in [2.75, 3.05) is 24.2 Å². The smallest absolute Gasteiger partial charge is 0.239 e. The van der Waals surface area contributed by atoms with Crippen LogP contribution in [0.15, 0.2) is 24.3 Å². The lowest BCUT2D eigenvalue weighted by Gasteiger charge is -2.20. The van der Waals surface area contributed by atoms with E-state index in [1.165, 1.54) is 12.8 Å². The molecule has 1 aliphatic rings. The molecule has 0 heterocycles. The van der Waals surface area contributed by atoms with Gasteiger partial charge in [0.1, 0.15) is 0 Å². The molecule has 1 amide bonds. The van der Waals surface area contributed by atoms with Crippen molar-refractivity contribution in [2.24, 2.45) is 0 Å². The van der Waals surface area contributed by atoms with Crippen molar-refractivity contribution in [2.45, 2.75) is 31.7 Å². The first kappa shape index (κ1) is 12.7. The van der Waals surface area contributed by atoms with Crippen LogP contribution in [0.3, 0.4) is 0 Å². The van der Waals surface area contributed by atoms with Crippen molar-refractivity contribution >= 4 is 17.3 Å². The maximum absolute atomic E-state index is 11.9. The fourth-order valence-electron chi connectivity index (χ4n) is 2.38. The van der Waals surface area contributed by atoms with Crippen LogP contribution >= 0.6 is 0 Å². The minimum Gasteiger partial charge on any atom is -0.399 e. The number of nitrogen functional groups attached to an aromatic ring is 1. The summed E-state index contributed by atoms with van der Waals surface area (Å²) in [5.74, 6) is 0.0984. The molecule has 0 saturated heterocycles. The molecule has 1 fully saturated rings. The Morgan fingerprint density at radius 1 is 1.33 bits per heavy atom. The van der Waals surface area contributed by atoms with Crippen LogP contribution in [0.1, 0.15) is 25.7 Å². The number of rotatable bonds is 4. The van der Waals surface area contributed by atoms with Gasteiger partial charge in [-0.05, 0) is 37.1 Å². The van der Waals surface area contributed by atoms with Gasteiger partial charge in [0.2, 0.25) is 5.91 Å². The summed E-state index contributed by atoms with van der Waals surface area (Å²) in [5.41, 5.74) is 7.38. The van der Waals surface area contributed by atoms with Crippen LogP contribution in [-0.4, -0.2) is 25.5 Å². The Morgan fingerprint density at radius 2 is 1.94 bits per heavy atom. The first-order valence-corrected chi connectivity index (χ1v) is 6.51. The van der Waals surface area contributed by atoms with Crippen LogP contribution in [-0.2, 0) is 4.79 Å². The predicted octanol–water partition coefficient (Wildman–Crippen LogP) is 1.76. The Labute approximate surface area is 108 Å². The van der Waals surface area contributed by atoms with Gasteiger partial charge in [0, 0.05) is 24.5 Å². The maximum Gasteiger partial charge on any atom is 0.239 e. The molecule has 1 aromatic carbocycles. The van der Waals surface area contributed by atoms with Crippen LogP contribution < -0.4 is 16.0 Å². The molecule has 1 aromatic rings. The molecular formula is C14H21N3O. The molecule has 0 aliphatic heterocycles. The zero-order chi connectivity index (χ0) is 13.0. The lowest BCUT2D eigenvalue weighted by Crippen LogP contribution is -2.39. The van der Waals surface area contributed by atoms with Crippen molar-refractivity contribution in [1.29, 1.82) is 0 Å². The van der Waals surface area contributed by atoms with E-state index in [0.29, 0.717) is 12.6 Å². The van der Waals surface area contributed by atoms with Gasteiger partial charge in [-0.1, -0.05) is 12.8 Å². The Balaban J connectivity index is 1.84. The first-order chi connectivity index (χ1) is 8.65. The minimum absolute atomic E-state index is 0.0984. The maximum atomic E-state index is 11.9. The highest BCUT2D eigenvalue weighted by molar-refractivity contribution is 5.81. The predicted molar refractivity (Wildman–Crippen MR) is 74.5 cm³/mol. The van der Waals surface area contributed by atoms with Crippen molar-refractivity contribution in [1.82, 2.24) is 5.32 Å². The average molecular weight is 247 g/mol. The molecule has 0 spiro atoms. The quantitative estimate of drug-likeness (QED) is 0.797. The second-order valence-electron chi connectivity index (χ2n) is 5.00. The highest BCUT2D eigenvalue weighted by atomic mass is 16.2. The van der Waals surface area contributed by atoms with Crippen molar-refractivity contribution in [3.05, 3.63) is 24.3 Å². The molecular weight excluding hydrogens is 226 g/mol. The van der Waals surface area contributed by atoms with Crippen molar-refractivity contribution in [3.8, 4) is 0 Å². The number of hydrogen-bond acceptors (Lipinski definition) is 3. The molecule has 4 nitrogen and oxygen atoms in total. The molecule has 1 aliphatic carbocycles. The standard InChI is InChI=1S/C14H21N3O/c1-17(13-8-6-11(15)7-9-13)10-14(18)16-12-4-2-3-5-12/h6-9,12H,2-5,10,15H2,1H3,(H,16,18). The number of amides is 1. The number of nitrogens with two attached hydrogens (primary N) is 1. The molecule has 0 aromatic heterocycles. The van der Waals surface area contributed by atoms with E-state index in [9.17, 15) is 4.79 Å². The third kappa shape index (κ3) is 3.39. The molecule has 0 atom stereocenters. The highest BCUT2D eigenvalue weighted by Crippen LogP contribution is 2.18. The fourth-order valence-corrected chi connectivity index (χ4v) is 2.38. The van der Waals surface area contributed by atoms with Gasteiger partial charge in [-0.25, -0.2) is 0 Å². The summed E-state index contributed by atoms with van der Waals surface area (Å²) in [6.45, 7) is 0.389. The number of hydrogen-bond donors (Lipinski definition) is 2. The fraction of sp³-hybridized carbons (Fsp3) is 0.500. The monoisotopic (exact) mass is 247 g/mol. The molecule has 1 saturated carbocycles. The number of carbonyl (C=O) groups excluding carboxylic acids is 1. The van der Waals surface area contributed by atoms with Gasteiger partial charge in [0.25, 0.3) is 0 Å². The third-order valence-electron chi connectivity index (χ3n) is 3.43. The molecule has 4 heteroatoms. The minimum atomic E-state index is 0.0984. The van der Waals surface area contributed by atoms with Gasteiger partial charge >= 0.3 is 0 Å². The molecule has 0 unspecified atom stereocenters. The Bertz CT molecular complexity index is 396. The third-order valence-corrected chi connectivity index (χ3v) is 3.43. The van der Waals surface area contributed by atoms with Gasteiger partial charge in [-0.2, -0.15) is 0 Å². The van der Waals surface area contributed by atoms with E-state index in [1.807, 2.05) is 36.2 Å². The molecule has 0 radical (unpaired) electrons. The van der Waals surface area contributed by atoms with Crippen molar-refractivity contribution < 1.29 is 4.79 Å². The molecule has 98 valence electrons. The SMILES string of the molecule is CN(CC(=O)NC1CCCC1)c1ccc(N)cc1. The lowest BCUT2D eigenvalue weighted by atomic mass is 10.2. The summed E-state index contributed by atoms with van der Waals surface area (Å²) < 4.78 is 0. The molecule has 3 N–H and O–H groups in total. The van der Waals surface area contributed by atoms with E-state index in [-0.39, 0.29) is 5.91 Å². The number of carbonyl (C=O) groups is 1. The summed E-state index contributed by atoms with van der Waals surface area (Å²) >= 11 is 0. The second kappa shape index (κ2) is 5.76. The van der Waals surface area contributed by atoms with Gasteiger partial charge in [-0.15, -0.1) is 0 Å². The first-order valence-electron chi connectivity index (χ1n) is 6.51. The second-order valence-corrected chi connectivity index (χ2v) is 5.00. The van der Waals surface area contributed by atoms with Crippen LogP contribution in [0.5, 0.6) is 0 Å². The van der Waals surface area contributed by atoms with E-state index in [4.69, 9.17) is 5.73 Å². The number of nitrogens with one attached hydrogen (secondary N) is 1. The highest BCUT2D eigenvalue weighted by Gasteiger charge is 2.17. The summed E-state index contributed by atoms with van der Waals surface area (Å²) in [7, 11) is 1.92. The normalized spacial score (nSPS) is 15.6.